The minimum atomic E-state index is 0.626. The summed E-state index contributed by atoms with van der Waals surface area (Å²) in [4.78, 5) is 9.33. The average molecular weight is 433 g/mol. The molecule has 8 heteroatoms. The van der Waals surface area contributed by atoms with Crippen molar-refractivity contribution in [3.63, 3.8) is 0 Å². The molecular weight excluding hydrogens is 412 g/mol. The van der Waals surface area contributed by atoms with Gasteiger partial charge in [-0.15, -0.1) is 5.10 Å². The van der Waals surface area contributed by atoms with E-state index in [0.717, 1.165) is 47.4 Å². The van der Waals surface area contributed by atoms with Gasteiger partial charge in [-0.2, -0.15) is 5.10 Å². The van der Waals surface area contributed by atoms with E-state index in [4.69, 9.17) is 21.3 Å². The van der Waals surface area contributed by atoms with E-state index >= 15 is 0 Å². The van der Waals surface area contributed by atoms with E-state index in [0.29, 0.717) is 22.1 Å². The van der Waals surface area contributed by atoms with Crippen molar-refractivity contribution in [3.8, 4) is 22.8 Å². The van der Waals surface area contributed by atoms with Crippen LogP contribution in [-0.2, 0) is 0 Å². The number of hydrogen-bond donors (Lipinski definition) is 0. The molecule has 0 amide bonds. The summed E-state index contributed by atoms with van der Waals surface area (Å²) in [6.07, 6.45) is 5.58. The molecule has 0 fully saturated rings. The average Bonchev–Trinajstić information content (AvgIpc) is 3.40. The van der Waals surface area contributed by atoms with Crippen LogP contribution in [0.2, 0.25) is 5.02 Å². The Hall–Kier alpha value is -3.45. The van der Waals surface area contributed by atoms with E-state index in [2.05, 4.69) is 22.1 Å². The lowest BCUT2D eigenvalue weighted by molar-refractivity contribution is 0.309. The van der Waals surface area contributed by atoms with Gasteiger partial charge >= 0.3 is 0 Å². The summed E-state index contributed by atoms with van der Waals surface area (Å²) in [7, 11) is 0. The molecule has 0 aliphatic carbocycles. The Balaban J connectivity index is 1.52. The van der Waals surface area contributed by atoms with Gasteiger partial charge in [-0.05, 0) is 55.3 Å². The molecule has 3 aromatic heterocycles. The Morgan fingerprint density at radius 3 is 2.71 bits per heavy atom. The van der Waals surface area contributed by atoms with Crippen molar-refractivity contribution in [2.24, 2.45) is 0 Å². The predicted octanol–water partition coefficient (Wildman–Crippen LogP) is 5.27. The van der Waals surface area contributed by atoms with Crippen LogP contribution in [0.15, 0.2) is 55.0 Å². The van der Waals surface area contributed by atoms with Gasteiger partial charge in [0.1, 0.15) is 12.1 Å². The fraction of sp³-hybridized carbons (Fsp3) is 0.217. The van der Waals surface area contributed by atoms with Gasteiger partial charge in [-0.1, -0.05) is 31.0 Å². The van der Waals surface area contributed by atoms with Gasteiger partial charge in [0.15, 0.2) is 17.1 Å². The Morgan fingerprint density at radius 1 is 1.06 bits per heavy atom. The Bertz CT molecular complexity index is 1370. The first kappa shape index (κ1) is 19.5. The highest BCUT2D eigenvalue weighted by Gasteiger charge is 2.15. The van der Waals surface area contributed by atoms with Gasteiger partial charge in [0.05, 0.1) is 23.9 Å². The molecular formula is C23H21ClN6O. The number of rotatable bonds is 6. The molecule has 5 rings (SSSR count). The molecule has 0 atom stereocenters. The van der Waals surface area contributed by atoms with E-state index < -0.39 is 0 Å². The maximum atomic E-state index is 6.20. The van der Waals surface area contributed by atoms with Crippen LogP contribution in [0.5, 0.6) is 5.75 Å². The number of fused-ring (bicyclic) bond motifs is 3. The summed E-state index contributed by atoms with van der Waals surface area (Å²) in [5.74, 6) is 1.48. The summed E-state index contributed by atoms with van der Waals surface area (Å²) in [5.41, 5.74) is 4.26. The van der Waals surface area contributed by atoms with Gasteiger partial charge < -0.3 is 4.74 Å². The number of aryl methyl sites for hydroxylation is 1. The third-order valence-corrected chi connectivity index (χ3v) is 5.42. The quantitative estimate of drug-likeness (QED) is 0.342. The van der Waals surface area contributed by atoms with Crippen LogP contribution in [0.3, 0.4) is 0 Å². The summed E-state index contributed by atoms with van der Waals surface area (Å²) in [6.45, 7) is 4.89. The smallest absolute Gasteiger partial charge is 0.182 e. The zero-order valence-electron chi connectivity index (χ0n) is 17.3. The van der Waals surface area contributed by atoms with Gasteiger partial charge in [0.25, 0.3) is 0 Å². The Morgan fingerprint density at radius 2 is 1.90 bits per heavy atom. The third kappa shape index (κ3) is 3.61. The first-order valence-electron chi connectivity index (χ1n) is 10.2. The van der Waals surface area contributed by atoms with E-state index in [1.807, 2.05) is 49.4 Å². The van der Waals surface area contributed by atoms with Crippen LogP contribution in [0.1, 0.15) is 25.3 Å². The van der Waals surface area contributed by atoms with Crippen LogP contribution in [0.25, 0.3) is 33.8 Å². The minimum Gasteiger partial charge on any atom is -0.494 e. The molecule has 7 nitrogen and oxygen atoms in total. The molecule has 0 N–H and O–H groups in total. The fourth-order valence-corrected chi connectivity index (χ4v) is 3.63. The Kier molecular flexibility index (Phi) is 5.03. The van der Waals surface area contributed by atoms with Crippen LogP contribution >= 0.6 is 11.6 Å². The SMILES string of the molecule is CCCCOc1ccc(-c2nc3c4cnn(-c5cc(Cl)ccc5C)c4ncn3n2)cc1. The highest BCUT2D eigenvalue weighted by molar-refractivity contribution is 6.30. The molecule has 0 spiro atoms. The molecule has 5 aromatic rings. The molecule has 156 valence electrons. The lowest BCUT2D eigenvalue weighted by Gasteiger charge is -2.07. The van der Waals surface area contributed by atoms with Gasteiger partial charge in [0, 0.05) is 10.6 Å². The monoisotopic (exact) mass is 432 g/mol. The summed E-state index contributed by atoms with van der Waals surface area (Å²) in [6, 6.07) is 13.6. The molecule has 0 saturated carbocycles. The topological polar surface area (TPSA) is 70.1 Å². The summed E-state index contributed by atoms with van der Waals surface area (Å²) >= 11 is 6.20. The minimum absolute atomic E-state index is 0.626. The zero-order valence-corrected chi connectivity index (χ0v) is 18.0. The third-order valence-electron chi connectivity index (χ3n) is 5.18. The van der Waals surface area contributed by atoms with Gasteiger partial charge in [-0.25, -0.2) is 19.2 Å². The van der Waals surface area contributed by atoms with Crippen LogP contribution in [0, 0.1) is 6.92 Å². The maximum absolute atomic E-state index is 6.20. The molecule has 31 heavy (non-hydrogen) atoms. The normalized spacial score (nSPS) is 11.5. The Labute approximate surface area is 184 Å². The number of hydrogen-bond acceptors (Lipinski definition) is 5. The number of nitrogens with zero attached hydrogens (tertiary/aromatic N) is 6. The van der Waals surface area contributed by atoms with Crippen molar-refractivity contribution in [2.75, 3.05) is 6.61 Å². The molecule has 3 heterocycles. The largest absolute Gasteiger partial charge is 0.494 e. The lowest BCUT2D eigenvalue weighted by atomic mass is 10.2. The van der Waals surface area contributed by atoms with Gasteiger partial charge in [-0.3, -0.25) is 0 Å². The molecule has 0 aliphatic heterocycles. The van der Waals surface area contributed by atoms with Crippen molar-refractivity contribution >= 4 is 28.3 Å². The van der Waals surface area contributed by atoms with Crippen molar-refractivity contribution in [1.29, 1.82) is 0 Å². The highest BCUT2D eigenvalue weighted by atomic mass is 35.5. The van der Waals surface area contributed by atoms with E-state index in [1.165, 1.54) is 0 Å². The second kappa shape index (κ2) is 8.00. The van der Waals surface area contributed by atoms with Crippen molar-refractivity contribution in [1.82, 2.24) is 29.4 Å². The van der Waals surface area contributed by atoms with E-state index in [-0.39, 0.29) is 0 Å². The molecule has 0 unspecified atom stereocenters. The summed E-state index contributed by atoms with van der Waals surface area (Å²) < 4.78 is 9.21. The lowest BCUT2D eigenvalue weighted by Crippen LogP contribution is -2.01. The molecule has 2 aromatic carbocycles. The van der Waals surface area contributed by atoms with E-state index in [9.17, 15) is 0 Å². The van der Waals surface area contributed by atoms with Crippen molar-refractivity contribution < 1.29 is 4.74 Å². The standard InChI is InChI=1S/C23H21ClN6O/c1-3-4-11-31-18-9-6-16(7-10-18)21-27-23-19-13-26-30(22(19)25-14-29(23)28-21)20-12-17(24)8-5-15(20)2/h5-10,12-14H,3-4,11H2,1-2H3. The summed E-state index contributed by atoms with van der Waals surface area (Å²) in [5, 5.41) is 10.6. The van der Waals surface area contributed by atoms with Crippen LogP contribution < -0.4 is 4.74 Å². The van der Waals surface area contributed by atoms with Crippen molar-refractivity contribution in [3.05, 3.63) is 65.6 Å². The van der Waals surface area contributed by atoms with Crippen LogP contribution in [0.4, 0.5) is 0 Å². The van der Waals surface area contributed by atoms with Gasteiger partial charge in [0.2, 0.25) is 0 Å². The van der Waals surface area contributed by atoms with E-state index in [1.54, 1.807) is 21.7 Å². The number of benzene rings is 2. The highest BCUT2D eigenvalue weighted by Crippen LogP contribution is 2.26. The number of unbranched alkanes of at least 4 members (excludes halogenated alkanes) is 1. The molecule has 0 saturated heterocycles. The first-order chi connectivity index (χ1) is 15.1. The number of ether oxygens (including phenoxy) is 1. The maximum Gasteiger partial charge on any atom is 0.182 e. The molecule has 0 aliphatic rings. The van der Waals surface area contributed by atoms with Crippen molar-refractivity contribution in [2.45, 2.75) is 26.7 Å². The second-order valence-electron chi connectivity index (χ2n) is 7.40. The molecule has 0 bridgehead atoms. The molecule has 0 radical (unpaired) electrons. The predicted molar refractivity (Wildman–Crippen MR) is 121 cm³/mol. The second-order valence-corrected chi connectivity index (χ2v) is 7.84. The number of aromatic nitrogens is 6. The fourth-order valence-electron chi connectivity index (χ4n) is 3.46. The first-order valence-corrected chi connectivity index (χ1v) is 10.6. The zero-order chi connectivity index (χ0) is 21.4. The number of halogens is 1. The van der Waals surface area contributed by atoms with Crippen LogP contribution in [-0.4, -0.2) is 36.0 Å².